The summed E-state index contributed by atoms with van der Waals surface area (Å²) in [5, 5.41) is 0. The van der Waals surface area contributed by atoms with Crippen LogP contribution in [0.1, 0.15) is 45.2 Å². The highest BCUT2D eigenvalue weighted by atomic mass is 15.2. The molecule has 1 aliphatic rings. The maximum absolute atomic E-state index is 6.15. The molecule has 0 spiro atoms. The zero-order valence-electron chi connectivity index (χ0n) is 12.3. The van der Waals surface area contributed by atoms with E-state index in [1.165, 1.54) is 25.7 Å². The second-order valence-corrected chi connectivity index (χ2v) is 5.95. The number of rotatable bonds is 5. The molecule has 1 aromatic heterocycles. The predicted molar refractivity (Wildman–Crippen MR) is 79.7 cm³/mol. The summed E-state index contributed by atoms with van der Waals surface area (Å²) < 4.78 is 0. The Morgan fingerprint density at radius 1 is 1.37 bits per heavy atom. The van der Waals surface area contributed by atoms with Gasteiger partial charge in [-0.25, -0.2) is 0 Å². The van der Waals surface area contributed by atoms with Gasteiger partial charge in [-0.15, -0.1) is 0 Å². The van der Waals surface area contributed by atoms with Gasteiger partial charge in [-0.2, -0.15) is 0 Å². The van der Waals surface area contributed by atoms with Gasteiger partial charge in [0.2, 0.25) is 0 Å². The Labute approximate surface area is 117 Å². The molecule has 0 saturated heterocycles. The summed E-state index contributed by atoms with van der Waals surface area (Å²) in [7, 11) is 0. The van der Waals surface area contributed by atoms with Crippen LogP contribution in [0.4, 0.5) is 0 Å². The van der Waals surface area contributed by atoms with E-state index in [0.717, 1.165) is 31.2 Å². The van der Waals surface area contributed by atoms with Crippen LogP contribution in [0.2, 0.25) is 0 Å². The van der Waals surface area contributed by atoms with Crippen LogP contribution in [-0.4, -0.2) is 28.5 Å². The third kappa shape index (κ3) is 3.34. The smallest absolute Gasteiger partial charge is 0.0544 e. The fraction of sp³-hybridized carbons (Fsp3) is 0.688. The second kappa shape index (κ2) is 6.49. The minimum atomic E-state index is 0.193. The minimum Gasteiger partial charge on any atom is -0.329 e. The fourth-order valence-electron chi connectivity index (χ4n) is 3.25. The average Bonchev–Trinajstić information content (AvgIpc) is 2.47. The van der Waals surface area contributed by atoms with Crippen LogP contribution in [0.15, 0.2) is 24.4 Å². The molecular weight excluding hydrogens is 234 g/mol. The van der Waals surface area contributed by atoms with E-state index in [4.69, 9.17) is 5.73 Å². The molecule has 1 fully saturated rings. The average molecular weight is 261 g/mol. The molecule has 0 atom stereocenters. The van der Waals surface area contributed by atoms with E-state index in [9.17, 15) is 0 Å². The van der Waals surface area contributed by atoms with Gasteiger partial charge < -0.3 is 5.73 Å². The van der Waals surface area contributed by atoms with Crippen molar-refractivity contribution in [2.75, 3.05) is 13.1 Å². The Morgan fingerprint density at radius 2 is 2.11 bits per heavy atom. The van der Waals surface area contributed by atoms with Crippen molar-refractivity contribution in [1.82, 2.24) is 9.88 Å². The quantitative estimate of drug-likeness (QED) is 0.886. The molecule has 0 amide bonds. The molecule has 2 rings (SSSR count). The van der Waals surface area contributed by atoms with Crippen molar-refractivity contribution >= 4 is 0 Å². The Balaban J connectivity index is 2.10. The number of hydrogen-bond donors (Lipinski definition) is 1. The summed E-state index contributed by atoms with van der Waals surface area (Å²) in [5.41, 5.74) is 7.49. The van der Waals surface area contributed by atoms with E-state index in [2.05, 4.69) is 35.9 Å². The Morgan fingerprint density at radius 3 is 2.63 bits per heavy atom. The van der Waals surface area contributed by atoms with E-state index < -0.39 is 0 Å². The lowest BCUT2D eigenvalue weighted by molar-refractivity contribution is 0.0414. The summed E-state index contributed by atoms with van der Waals surface area (Å²) in [6.45, 7) is 7.32. The largest absolute Gasteiger partial charge is 0.329 e. The first-order valence-electron chi connectivity index (χ1n) is 7.55. The standard InChI is InChI=1S/C16H27N3/c1-3-19(12-15-6-4-5-11-18-15)16(13-17)9-7-14(2)8-10-16/h4-6,11,14H,3,7-10,12-13,17H2,1-2H3. The lowest BCUT2D eigenvalue weighted by atomic mass is 9.76. The monoisotopic (exact) mass is 261 g/mol. The van der Waals surface area contributed by atoms with Crippen LogP contribution >= 0.6 is 0 Å². The zero-order valence-corrected chi connectivity index (χ0v) is 12.3. The summed E-state index contributed by atoms with van der Waals surface area (Å²) in [6, 6.07) is 6.15. The molecule has 1 saturated carbocycles. The molecule has 1 aromatic rings. The molecule has 0 radical (unpaired) electrons. The van der Waals surface area contributed by atoms with Crippen molar-refractivity contribution in [3.63, 3.8) is 0 Å². The van der Waals surface area contributed by atoms with E-state index in [1.807, 2.05) is 12.3 Å². The molecule has 0 bridgehead atoms. The molecule has 106 valence electrons. The van der Waals surface area contributed by atoms with Crippen molar-refractivity contribution in [2.45, 2.75) is 51.6 Å². The number of likely N-dealkylation sites (N-methyl/N-ethyl adjacent to an activating group) is 1. The van der Waals surface area contributed by atoms with Crippen molar-refractivity contribution in [2.24, 2.45) is 11.7 Å². The van der Waals surface area contributed by atoms with Crippen LogP contribution in [0.25, 0.3) is 0 Å². The van der Waals surface area contributed by atoms with E-state index in [1.54, 1.807) is 0 Å². The van der Waals surface area contributed by atoms with Gasteiger partial charge >= 0.3 is 0 Å². The molecule has 19 heavy (non-hydrogen) atoms. The first kappa shape index (κ1) is 14.5. The third-order valence-corrected chi connectivity index (χ3v) is 4.72. The Bertz CT molecular complexity index is 369. The molecule has 0 unspecified atom stereocenters. The number of nitrogens with zero attached hydrogens (tertiary/aromatic N) is 2. The van der Waals surface area contributed by atoms with Gasteiger partial charge in [-0.1, -0.05) is 19.9 Å². The molecule has 2 N–H and O–H groups in total. The Kier molecular flexibility index (Phi) is 4.94. The van der Waals surface area contributed by atoms with Crippen LogP contribution in [0.5, 0.6) is 0 Å². The molecular formula is C16H27N3. The highest BCUT2D eigenvalue weighted by molar-refractivity contribution is 5.05. The fourth-order valence-corrected chi connectivity index (χ4v) is 3.25. The van der Waals surface area contributed by atoms with Gasteiger partial charge in [0.25, 0.3) is 0 Å². The first-order chi connectivity index (χ1) is 9.20. The van der Waals surface area contributed by atoms with Gasteiger partial charge in [0, 0.05) is 24.8 Å². The predicted octanol–water partition coefficient (Wildman–Crippen LogP) is 2.81. The SMILES string of the molecule is CCN(Cc1ccccn1)C1(CN)CCC(C)CC1. The number of pyridine rings is 1. The summed E-state index contributed by atoms with van der Waals surface area (Å²) in [6.07, 6.45) is 6.93. The van der Waals surface area contributed by atoms with Crippen LogP contribution in [0.3, 0.4) is 0 Å². The topological polar surface area (TPSA) is 42.2 Å². The van der Waals surface area contributed by atoms with E-state index in [0.29, 0.717) is 0 Å². The van der Waals surface area contributed by atoms with Crippen molar-refractivity contribution < 1.29 is 0 Å². The molecule has 0 aliphatic heterocycles. The Hall–Kier alpha value is -0.930. The molecule has 1 aliphatic carbocycles. The van der Waals surface area contributed by atoms with E-state index in [-0.39, 0.29) is 5.54 Å². The summed E-state index contributed by atoms with van der Waals surface area (Å²) in [4.78, 5) is 7.00. The number of aromatic nitrogens is 1. The highest BCUT2D eigenvalue weighted by Gasteiger charge is 2.37. The normalized spacial score (nSPS) is 27.7. The number of nitrogens with two attached hydrogens (primary N) is 1. The van der Waals surface area contributed by atoms with Crippen LogP contribution in [0, 0.1) is 5.92 Å². The summed E-state index contributed by atoms with van der Waals surface area (Å²) >= 11 is 0. The lowest BCUT2D eigenvalue weighted by Crippen LogP contribution is -2.55. The van der Waals surface area contributed by atoms with Gasteiger partial charge in [-0.05, 0) is 50.3 Å². The van der Waals surface area contributed by atoms with Crippen molar-refractivity contribution in [3.8, 4) is 0 Å². The van der Waals surface area contributed by atoms with Crippen molar-refractivity contribution in [1.29, 1.82) is 0 Å². The molecule has 3 nitrogen and oxygen atoms in total. The van der Waals surface area contributed by atoms with Crippen LogP contribution < -0.4 is 5.73 Å². The minimum absolute atomic E-state index is 0.193. The van der Waals surface area contributed by atoms with Gasteiger partial charge in [0.1, 0.15) is 0 Å². The summed E-state index contributed by atoms with van der Waals surface area (Å²) in [5.74, 6) is 0.855. The zero-order chi connectivity index (χ0) is 13.7. The molecule has 0 aromatic carbocycles. The highest BCUT2D eigenvalue weighted by Crippen LogP contribution is 2.36. The van der Waals surface area contributed by atoms with Gasteiger partial charge in [0.05, 0.1) is 5.69 Å². The lowest BCUT2D eigenvalue weighted by Gasteiger charge is -2.47. The second-order valence-electron chi connectivity index (χ2n) is 5.95. The molecule has 1 heterocycles. The van der Waals surface area contributed by atoms with Gasteiger partial charge in [-0.3, -0.25) is 9.88 Å². The first-order valence-corrected chi connectivity index (χ1v) is 7.55. The third-order valence-electron chi connectivity index (χ3n) is 4.72. The number of hydrogen-bond acceptors (Lipinski definition) is 3. The van der Waals surface area contributed by atoms with Gasteiger partial charge in [0.15, 0.2) is 0 Å². The van der Waals surface area contributed by atoms with Crippen LogP contribution in [-0.2, 0) is 6.54 Å². The van der Waals surface area contributed by atoms with E-state index >= 15 is 0 Å². The maximum atomic E-state index is 6.15. The van der Waals surface area contributed by atoms with Crippen molar-refractivity contribution in [3.05, 3.63) is 30.1 Å². The molecule has 3 heteroatoms. The maximum Gasteiger partial charge on any atom is 0.0544 e.